The Morgan fingerprint density at radius 2 is 1.92 bits per heavy atom. The first-order valence-corrected chi connectivity index (χ1v) is 8.05. The van der Waals surface area contributed by atoms with Gasteiger partial charge >= 0.3 is 0 Å². The highest BCUT2D eigenvalue weighted by Gasteiger charge is 2.17. The van der Waals surface area contributed by atoms with E-state index in [0.717, 1.165) is 53.6 Å². The molecule has 2 N–H and O–H groups in total. The molecule has 0 unspecified atom stereocenters. The van der Waals surface area contributed by atoms with Gasteiger partial charge in [0, 0.05) is 19.5 Å². The summed E-state index contributed by atoms with van der Waals surface area (Å²) in [5.41, 5.74) is 3.97. The number of fused-ring (bicyclic) bond motifs is 1. The van der Waals surface area contributed by atoms with Crippen molar-refractivity contribution >= 4 is 24.8 Å². The zero-order valence-electron chi connectivity index (χ0n) is 14.0. The Morgan fingerprint density at radius 1 is 1.08 bits per heavy atom. The molecule has 26 heavy (non-hydrogen) atoms. The number of imidazole rings is 1. The fourth-order valence-electron chi connectivity index (χ4n) is 2.92. The summed E-state index contributed by atoms with van der Waals surface area (Å²) in [4.78, 5) is 8.10. The molecule has 2 aromatic carbocycles. The molecule has 0 spiro atoms. The Labute approximate surface area is 164 Å². The van der Waals surface area contributed by atoms with E-state index in [-0.39, 0.29) is 30.6 Å². The summed E-state index contributed by atoms with van der Waals surface area (Å²) < 4.78 is 19.2. The molecule has 0 atom stereocenters. The molecule has 4 nitrogen and oxygen atoms in total. The van der Waals surface area contributed by atoms with Gasteiger partial charge in [-0.3, -0.25) is 0 Å². The molecule has 1 aliphatic rings. The van der Waals surface area contributed by atoms with Crippen LogP contribution in [-0.2, 0) is 19.6 Å². The molecule has 0 amide bonds. The van der Waals surface area contributed by atoms with Crippen LogP contribution >= 0.6 is 24.8 Å². The quantitative estimate of drug-likeness (QED) is 0.692. The second kappa shape index (κ2) is 9.03. The van der Waals surface area contributed by atoms with E-state index in [4.69, 9.17) is 9.72 Å². The fourth-order valence-corrected chi connectivity index (χ4v) is 2.92. The summed E-state index contributed by atoms with van der Waals surface area (Å²) in [7, 11) is 0. The smallest absolute Gasteiger partial charge is 0.141 e. The zero-order valence-corrected chi connectivity index (χ0v) is 15.6. The van der Waals surface area contributed by atoms with E-state index in [2.05, 4.69) is 10.3 Å². The van der Waals surface area contributed by atoms with Gasteiger partial charge in [-0.25, -0.2) is 9.37 Å². The van der Waals surface area contributed by atoms with E-state index >= 15 is 0 Å². The van der Waals surface area contributed by atoms with Gasteiger partial charge in [-0.15, -0.1) is 24.8 Å². The fraction of sp³-hybridized carbons (Fsp3) is 0.211. The maximum Gasteiger partial charge on any atom is 0.141 e. The third kappa shape index (κ3) is 4.36. The lowest BCUT2D eigenvalue weighted by Gasteiger charge is -2.10. The molecule has 4 rings (SSSR count). The third-order valence-corrected chi connectivity index (χ3v) is 4.13. The monoisotopic (exact) mass is 395 g/mol. The number of aromatic nitrogens is 2. The lowest BCUT2D eigenvalue weighted by Crippen LogP contribution is -2.23. The maximum absolute atomic E-state index is 13.3. The zero-order chi connectivity index (χ0) is 16.4. The normalized spacial score (nSPS) is 12.5. The first-order chi connectivity index (χ1) is 11.8. The van der Waals surface area contributed by atoms with Crippen molar-refractivity contribution in [2.45, 2.75) is 19.6 Å². The number of hydrogen-bond acceptors (Lipinski definition) is 3. The molecular formula is C19H20Cl2FN3O. The number of ether oxygens (including phenoxy) is 1. The Hall–Kier alpha value is -2.08. The Morgan fingerprint density at radius 3 is 2.73 bits per heavy atom. The molecule has 1 aromatic heterocycles. The second-order valence-electron chi connectivity index (χ2n) is 5.85. The number of nitrogens with zero attached hydrogens (tertiary/aromatic N) is 1. The molecule has 7 heteroatoms. The van der Waals surface area contributed by atoms with Gasteiger partial charge in [0.15, 0.2) is 0 Å². The van der Waals surface area contributed by atoms with Crippen LogP contribution in [0.25, 0.3) is 11.4 Å². The van der Waals surface area contributed by atoms with Gasteiger partial charge in [0.1, 0.15) is 24.0 Å². The standard InChI is InChI=1S/C19H18FN3O.2ClH/c20-14-5-3-4-13(10-14)12-24-18-7-2-1-6-15(18)19-22-16-8-9-21-11-17(16)23-19;;/h1-7,10,21H,8-9,11-12H2,(H,22,23);2*1H. The third-order valence-electron chi connectivity index (χ3n) is 4.13. The maximum atomic E-state index is 13.3. The highest BCUT2D eigenvalue weighted by molar-refractivity contribution is 5.85. The van der Waals surface area contributed by atoms with Crippen molar-refractivity contribution in [2.24, 2.45) is 0 Å². The van der Waals surface area contributed by atoms with Gasteiger partial charge in [-0.05, 0) is 29.8 Å². The van der Waals surface area contributed by atoms with Crippen LogP contribution in [0.2, 0.25) is 0 Å². The number of benzene rings is 2. The van der Waals surface area contributed by atoms with Gasteiger partial charge in [-0.2, -0.15) is 0 Å². The van der Waals surface area contributed by atoms with Crippen molar-refractivity contribution < 1.29 is 9.13 Å². The first kappa shape index (κ1) is 20.2. The van der Waals surface area contributed by atoms with Crippen molar-refractivity contribution in [2.75, 3.05) is 6.54 Å². The molecule has 1 aliphatic heterocycles. The molecule has 0 saturated heterocycles. The summed E-state index contributed by atoms with van der Waals surface area (Å²) in [5, 5.41) is 3.33. The van der Waals surface area contributed by atoms with Gasteiger partial charge in [0.25, 0.3) is 0 Å². The van der Waals surface area contributed by atoms with Crippen LogP contribution in [0, 0.1) is 5.82 Å². The second-order valence-corrected chi connectivity index (χ2v) is 5.85. The van der Waals surface area contributed by atoms with E-state index in [1.807, 2.05) is 30.3 Å². The van der Waals surface area contributed by atoms with Crippen molar-refractivity contribution in [3.63, 3.8) is 0 Å². The van der Waals surface area contributed by atoms with Crippen LogP contribution in [0.3, 0.4) is 0 Å². The molecule has 0 aliphatic carbocycles. The molecular weight excluding hydrogens is 376 g/mol. The molecule has 2 heterocycles. The van der Waals surface area contributed by atoms with E-state index in [1.54, 1.807) is 6.07 Å². The van der Waals surface area contributed by atoms with E-state index in [0.29, 0.717) is 6.61 Å². The molecule has 0 radical (unpaired) electrons. The average molecular weight is 396 g/mol. The van der Waals surface area contributed by atoms with Crippen LogP contribution in [-0.4, -0.2) is 16.5 Å². The predicted molar refractivity (Wildman–Crippen MR) is 105 cm³/mol. The summed E-state index contributed by atoms with van der Waals surface area (Å²) in [6, 6.07) is 14.2. The Bertz CT molecular complexity index is 846. The van der Waals surface area contributed by atoms with Crippen LogP contribution < -0.4 is 10.1 Å². The minimum atomic E-state index is -0.254. The van der Waals surface area contributed by atoms with Crippen molar-refractivity contribution in [3.8, 4) is 17.1 Å². The lowest BCUT2D eigenvalue weighted by molar-refractivity contribution is 0.306. The number of nitrogens with one attached hydrogen (secondary N) is 2. The number of halogens is 3. The van der Waals surface area contributed by atoms with E-state index in [9.17, 15) is 4.39 Å². The van der Waals surface area contributed by atoms with Crippen LogP contribution in [0.1, 0.15) is 17.0 Å². The minimum absolute atomic E-state index is 0. The predicted octanol–water partition coefficient (Wildman–Crippen LogP) is 4.28. The van der Waals surface area contributed by atoms with Gasteiger partial charge in [0.05, 0.1) is 17.0 Å². The van der Waals surface area contributed by atoms with Gasteiger partial charge in [-0.1, -0.05) is 24.3 Å². The van der Waals surface area contributed by atoms with Crippen LogP contribution in [0.4, 0.5) is 4.39 Å². The largest absolute Gasteiger partial charge is 0.488 e. The lowest BCUT2D eigenvalue weighted by atomic mass is 10.2. The molecule has 0 fully saturated rings. The minimum Gasteiger partial charge on any atom is -0.488 e. The summed E-state index contributed by atoms with van der Waals surface area (Å²) in [6.45, 7) is 2.08. The summed E-state index contributed by atoms with van der Waals surface area (Å²) >= 11 is 0. The molecule has 0 bridgehead atoms. The van der Waals surface area contributed by atoms with E-state index < -0.39 is 0 Å². The number of para-hydroxylation sites is 1. The Balaban J connectivity index is 0.00000121. The van der Waals surface area contributed by atoms with Crippen molar-refractivity contribution in [3.05, 3.63) is 71.3 Å². The van der Waals surface area contributed by atoms with Crippen molar-refractivity contribution in [1.82, 2.24) is 15.3 Å². The number of hydrogen-bond donors (Lipinski definition) is 2. The topological polar surface area (TPSA) is 49.9 Å². The molecule has 0 saturated carbocycles. The summed E-state index contributed by atoms with van der Waals surface area (Å²) in [5.74, 6) is 1.30. The van der Waals surface area contributed by atoms with Crippen molar-refractivity contribution in [1.29, 1.82) is 0 Å². The Kier molecular flexibility index (Phi) is 7.03. The molecule has 138 valence electrons. The molecule has 3 aromatic rings. The van der Waals surface area contributed by atoms with Gasteiger partial charge in [0.2, 0.25) is 0 Å². The SMILES string of the molecule is Cl.Cl.Fc1cccc(COc2ccccc2-c2nc3c([nH]2)CNCC3)c1. The first-order valence-electron chi connectivity index (χ1n) is 8.05. The van der Waals surface area contributed by atoms with E-state index in [1.165, 1.54) is 12.1 Å². The number of H-pyrrole nitrogens is 1. The van der Waals surface area contributed by atoms with Gasteiger partial charge < -0.3 is 15.0 Å². The highest BCUT2D eigenvalue weighted by atomic mass is 35.5. The summed E-state index contributed by atoms with van der Waals surface area (Å²) in [6.07, 6.45) is 0.929. The van der Waals surface area contributed by atoms with Crippen LogP contribution in [0.15, 0.2) is 48.5 Å². The number of rotatable bonds is 4. The highest BCUT2D eigenvalue weighted by Crippen LogP contribution is 2.29. The van der Waals surface area contributed by atoms with Crippen LogP contribution in [0.5, 0.6) is 5.75 Å². The number of aromatic amines is 1. The average Bonchev–Trinajstić information content (AvgIpc) is 3.04.